The van der Waals surface area contributed by atoms with Gasteiger partial charge in [-0.05, 0) is 59.9 Å². The fraction of sp³-hybridized carbons (Fsp3) is 0.455. The standard InChI is InChI=1S/C11H13BrClN/c1-14-11(4-5-11)7-8-2-3-10(13)9(12)6-8/h2-3,6,14H,4-5,7H2,1H3. The van der Waals surface area contributed by atoms with Crippen LogP contribution in [0.25, 0.3) is 0 Å². The van der Waals surface area contributed by atoms with E-state index in [-0.39, 0.29) is 0 Å². The van der Waals surface area contributed by atoms with Crippen molar-refractivity contribution in [1.29, 1.82) is 0 Å². The van der Waals surface area contributed by atoms with Crippen LogP contribution in [0, 0.1) is 0 Å². The summed E-state index contributed by atoms with van der Waals surface area (Å²) >= 11 is 9.38. The van der Waals surface area contributed by atoms with E-state index in [1.54, 1.807) is 0 Å². The summed E-state index contributed by atoms with van der Waals surface area (Å²) in [6.45, 7) is 0. The van der Waals surface area contributed by atoms with Gasteiger partial charge in [-0.3, -0.25) is 0 Å². The van der Waals surface area contributed by atoms with Crippen LogP contribution >= 0.6 is 27.5 Å². The maximum Gasteiger partial charge on any atom is 0.0548 e. The first kappa shape index (κ1) is 10.5. The monoisotopic (exact) mass is 273 g/mol. The molecule has 0 bridgehead atoms. The van der Waals surface area contributed by atoms with E-state index in [9.17, 15) is 0 Å². The van der Waals surface area contributed by atoms with Gasteiger partial charge in [0, 0.05) is 10.0 Å². The van der Waals surface area contributed by atoms with E-state index in [1.165, 1.54) is 18.4 Å². The van der Waals surface area contributed by atoms with E-state index in [2.05, 4.69) is 33.4 Å². The van der Waals surface area contributed by atoms with Crippen LogP contribution in [0.15, 0.2) is 22.7 Å². The van der Waals surface area contributed by atoms with E-state index in [0.29, 0.717) is 5.54 Å². The van der Waals surface area contributed by atoms with Crippen molar-refractivity contribution in [2.45, 2.75) is 24.8 Å². The molecule has 0 heterocycles. The molecule has 1 aliphatic carbocycles. The zero-order valence-corrected chi connectivity index (χ0v) is 10.5. The summed E-state index contributed by atoms with van der Waals surface area (Å²) in [5.41, 5.74) is 1.71. The molecule has 14 heavy (non-hydrogen) atoms. The second kappa shape index (κ2) is 3.84. The van der Waals surface area contributed by atoms with Crippen molar-refractivity contribution < 1.29 is 0 Å². The summed E-state index contributed by atoms with van der Waals surface area (Å²) in [5, 5.41) is 4.17. The third kappa shape index (κ3) is 2.13. The Kier molecular flexibility index (Phi) is 2.87. The average molecular weight is 275 g/mol. The second-order valence-corrected chi connectivity index (χ2v) is 5.22. The molecule has 1 aromatic rings. The number of nitrogens with one attached hydrogen (secondary N) is 1. The molecule has 1 aliphatic rings. The van der Waals surface area contributed by atoms with Gasteiger partial charge in [0.25, 0.3) is 0 Å². The smallest absolute Gasteiger partial charge is 0.0548 e. The number of hydrogen-bond donors (Lipinski definition) is 1. The van der Waals surface area contributed by atoms with Crippen molar-refractivity contribution >= 4 is 27.5 Å². The summed E-state index contributed by atoms with van der Waals surface area (Å²) in [4.78, 5) is 0. The summed E-state index contributed by atoms with van der Waals surface area (Å²) in [6.07, 6.45) is 3.66. The molecule has 0 aliphatic heterocycles. The number of likely N-dealkylation sites (N-methyl/N-ethyl adjacent to an activating group) is 1. The van der Waals surface area contributed by atoms with Gasteiger partial charge < -0.3 is 5.32 Å². The van der Waals surface area contributed by atoms with E-state index in [1.807, 2.05) is 13.1 Å². The molecule has 0 aromatic heterocycles. The minimum atomic E-state index is 0.368. The number of halogens is 2. The number of rotatable bonds is 3. The third-order valence-electron chi connectivity index (χ3n) is 2.91. The summed E-state index contributed by atoms with van der Waals surface area (Å²) < 4.78 is 0.989. The Balaban J connectivity index is 2.14. The molecule has 0 radical (unpaired) electrons. The lowest BCUT2D eigenvalue weighted by atomic mass is 10.0. The third-order valence-corrected chi connectivity index (χ3v) is 4.12. The van der Waals surface area contributed by atoms with Crippen molar-refractivity contribution in [2.75, 3.05) is 7.05 Å². The molecular formula is C11H13BrClN. The first-order valence-electron chi connectivity index (χ1n) is 4.78. The molecule has 0 unspecified atom stereocenters. The highest BCUT2D eigenvalue weighted by atomic mass is 79.9. The highest BCUT2D eigenvalue weighted by Gasteiger charge is 2.40. The lowest BCUT2D eigenvalue weighted by Gasteiger charge is -2.14. The molecule has 76 valence electrons. The van der Waals surface area contributed by atoms with Crippen LogP contribution in [0.3, 0.4) is 0 Å². The van der Waals surface area contributed by atoms with Gasteiger partial charge in [0.2, 0.25) is 0 Å². The van der Waals surface area contributed by atoms with E-state index in [4.69, 9.17) is 11.6 Å². The van der Waals surface area contributed by atoms with Crippen LogP contribution in [0.4, 0.5) is 0 Å². The maximum atomic E-state index is 5.94. The predicted octanol–water partition coefficient (Wildman–Crippen LogP) is 3.40. The molecular weight excluding hydrogens is 261 g/mol. The van der Waals surface area contributed by atoms with E-state index < -0.39 is 0 Å². The van der Waals surface area contributed by atoms with Crippen molar-refractivity contribution in [1.82, 2.24) is 5.32 Å². The Bertz CT molecular complexity index is 347. The lowest BCUT2D eigenvalue weighted by Crippen LogP contribution is -2.29. The number of benzene rings is 1. The molecule has 1 nitrogen and oxygen atoms in total. The van der Waals surface area contributed by atoms with Gasteiger partial charge in [0.15, 0.2) is 0 Å². The number of hydrogen-bond acceptors (Lipinski definition) is 1. The van der Waals surface area contributed by atoms with Gasteiger partial charge in [-0.1, -0.05) is 17.7 Å². The Labute approximate surface area is 98.0 Å². The zero-order chi connectivity index (χ0) is 10.2. The first-order chi connectivity index (χ1) is 6.65. The summed E-state index contributed by atoms with van der Waals surface area (Å²) in [6, 6.07) is 6.16. The Morgan fingerprint density at radius 3 is 2.71 bits per heavy atom. The normalized spacial score (nSPS) is 18.2. The molecule has 0 amide bonds. The van der Waals surface area contributed by atoms with Gasteiger partial charge in [0.1, 0.15) is 0 Å². The van der Waals surface area contributed by atoms with E-state index >= 15 is 0 Å². The van der Waals surface area contributed by atoms with Crippen molar-refractivity contribution in [2.24, 2.45) is 0 Å². The van der Waals surface area contributed by atoms with Gasteiger partial charge in [0.05, 0.1) is 5.02 Å². The molecule has 0 spiro atoms. The molecule has 1 saturated carbocycles. The Morgan fingerprint density at radius 2 is 2.21 bits per heavy atom. The van der Waals surface area contributed by atoms with Crippen molar-refractivity contribution in [3.8, 4) is 0 Å². The first-order valence-corrected chi connectivity index (χ1v) is 5.95. The fourth-order valence-electron chi connectivity index (χ4n) is 1.71. The zero-order valence-electron chi connectivity index (χ0n) is 8.11. The minimum absolute atomic E-state index is 0.368. The van der Waals surface area contributed by atoms with Gasteiger partial charge >= 0.3 is 0 Å². The quantitative estimate of drug-likeness (QED) is 0.891. The van der Waals surface area contributed by atoms with Crippen LogP contribution in [0.5, 0.6) is 0 Å². The van der Waals surface area contributed by atoms with E-state index in [0.717, 1.165) is 15.9 Å². The highest BCUT2D eigenvalue weighted by molar-refractivity contribution is 9.10. The van der Waals surface area contributed by atoms with Gasteiger partial charge in [-0.25, -0.2) is 0 Å². The van der Waals surface area contributed by atoms with Crippen LogP contribution < -0.4 is 5.32 Å². The molecule has 0 saturated heterocycles. The maximum absolute atomic E-state index is 5.94. The molecule has 1 aromatic carbocycles. The van der Waals surface area contributed by atoms with Crippen LogP contribution in [-0.4, -0.2) is 12.6 Å². The molecule has 3 heteroatoms. The second-order valence-electron chi connectivity index (χ2n) is 3.96. The topological polar surface area (TPSA) is 12.0 Å². The van der Waals surface area contributed by atoms with Crippen molar-refractivity contribution in [3.63, 3.8) is 0 Å². The van der Waals surface area contributed by atoms with Crippen LogP contribution in [-0.2, 0) is 6.42 Å². The SMILES string of the molecule is CNC1(Cc2ccc(Cl)c(Br)c2)CC1. The largest absolute Gasteiger partial charge is 0.314 e. The highest BCUT2D eigenvalue weighted by Crippen LogP contribution is 2.38. The predicted molar refractivity (Wildman–Crippen MR) is 63.9 cm³/mol. The molecule has 2 rings (SSSR count). The Hall–Kier alpha value is -0.0500. The minimum Gasteiger partial charge on any atom is -0.314 e. The summed E-state index contributed by atoms with van der Waals surface area (Å²) in [7, 11) is 2.04. The fourth-order valence-corrected chi connectivity index (χ4v) is 2.25. The van der Waals surface area contributed by atoms with Gasteiger partial charge in [-0.15, -0.1) is 0 Å². The Morgan fingerprint density at radius 1 is 1.50 bits per heavy atom. The molecule has 0 atom stereocenters. The molecule has 1 fully saturated rings. The van der Waals surface area contributed by atoms with Crippen LogP contribution in [0.1, 0.15) is 18.4 Å². The van der Waals surface area contributed by atoms with Crippen LogP contribution in [0.2, 0.25) is 5.02 Å². The van der Waals surface area contributed by atoms with Crippen molar-refractivity contribution in [3.05, 3.63) is 33.3 Å². The average Bonchev–Trinajstić information content (AvgIpc) is 2.93. The lowest BCUT2D eigenvalue weighted by molar-refractivity contribution is 0.548. The molecule has 1 N–H and O–H groups in total. The van der Waals surface area contributed by atoms with Gasteiger partial charge in [-0.2, -0.15) is 0 Å². The summed E-state index contributed by atoms with van der Waals surface area (Å²) in [5.74, 6) is 0.